The van der Waals surface area contributed by atoms with Crippen LogP contribution >= 0.6 is 0 Å². The molecule has 1 unspecified atom stereocenters. The molecule has 0 spiro atoms. The van der Waals surface area contributed by atoms with Gasteiger partial charge in [-0.2, -0.15) is 0 Å². The average molecular weight is 132 g/mol. The van der Waals surface area contributed by atoms with Crippen LogP contribution in [0.2, 0.25) is 0 Å². The largest absolute Gasteiger partial charge is 0.244 e. The van der Waals surface area contributed by atoms with Crippen molar-refractivity contribution >= 4 is 0 Å². The van der Waals surface area contributed by atoms with Crippen LogP contribution in [0.15, 0.2) is 12.2 Å². The Morgan fingerprint density at radius 2 is 2.22 bits per heavy atom. The molecule has 0 fully saturated rings. The molecular weight excluding hydrogens is 122 g/mol. The van der Waals surface area contributed by atoms with Crippen LogP contribution in [0.5, 0.6) is 0 Å². The quantitative estimate of drug-likeness (QED) is 0.481. The van der Waals surface area contributed by atoms with E-state index in [9.17, 15) is 8.78 Å². The van der Waals surface area contributed by atoms with E-state index >= 15 is 0 Å². The van der Waals surface area contributed by atoms with Crippen LogP contribution in [0.1, 0.15) is 19.3 Å². The second-order valence-corrected chi connectivity index (χ2v) is 2.36. The van der Waals surface area contributed by atoms with Crippen molar-refractivity contribution in [2.24, 2.45) is 5.92 Å². The van der Waals surface area contributed by atoms with Crippen LogP contribution in [0.3, 0.4) is 0 Å². The summed E-state index contributed by atoms with van der Waals surface area (Å²) in [5, 5.41) is 0. The molecule has 0 heterocycles. The summed E-state index contributed by atoms with van der Waals surface area (Å²) < 4.78 is 23.7. The standard InChI is InChI=1S/C7H10F2/c8-7(9)6-4-2-1-3-5-6/h2,4,6-7H,1,3,5H2. The van der Waals surface area contributed by atoms with Crippen molar-refractivity contribution in [2.75, 3.05) is 0 Å². The third kappa shape index (κ3) is 1.77. The predicted molar refractivity (Wildman–Crippen MR) is 32.5 cm³/mol. The van der Waals surface area contributed by atoms with Crippen LogP contribution in [0.4, 0.5) is 8.78 Å². The Kier molecular flexibility index (Phi) is 2.20. The Bertz CT molecular complexity index is 107. The highest BCUT2D eigenvalue weighted by atomic mass is 19.3. The first kappa shape index (κ1) is 6.72. The van der Waals surface area contributed by atoms with Gasteiger partial charge in [-0.05, 0) is 19.3 Å². The minimum absolute atomic E-state index is 0.459. The molecule has 52 valence electrons. The molecule has 0 saturated carbocycles. The first-order valence-electron chi connectivity index (χ1n) is 3.25. The Balaban J connectivity index is 2.40. The van der Waals surface area contributed by atoms with E-state index in [1.54, 1.807) is 6.08 Å². The fraction of sp³-hybridized carbons (Fsp3) is 0.714. The molecule has 1 aliphatic rings. The van der Waals surface area contributed by atoms with Crippen LogP contribution in [0, 0.1) is 5.92 Å². The summed E-state index contributed by atoms with van der Waals surface area (Å²) in [6.07, 6.45) is 3.89. The number of rotatable bonds is 1. The van der Waals surface area contributed by atoms with Gasteiger partial charge >= 0.3 is 0 Å². The predicted octanol–water partition coefficient (Wildman–Crippen LogP) is 2.61. The Morgan fingerprint density at radius 1 is 1.44 bits per heavy atom. The molecule has 0 aromatic heterocycles. The van der Waals surface area contributed by atoms with Gasteiger partial charge in [0.1, 0.15) is 0 Å². The van der Waals surface area contributed by atoms with E-state index in [0.717, 1.165) is 12.8 Å². The summed E-state index contributed by atoms with van der Waals surface area (Å²) >= 11 is 0. The van der Waals surface area contributed by atoms with E-state index in [2.05, 4.69) is 0 Å². The lowest BCUT2D eigenvalue weighted by Crippen LogP contribution is -2.10. The molecule has 1 rings (SSSR count). The monoisotopic (exact) mass is 132 g/mol. The van der Waals surface area contributed by atoms with Crippen LogP contribution in [-0.2, 0) is 0 Å². The second-order valence-electron chi connectivity index (χ2n) is 2.36. The normalized spacial score (nSPS) is 27.2. The summed E-state index contributed by atoms with van der Waals surface area (Å²) in [5.41, 5.74) is 0. The van der Waals surface area contributed by atoms with E-state index < -0.39 is 12.3 Å². The zero-order valence-electron chi connectivity index (χ0n) is 5.19. The van der Waals surface area contributed by atoms with Crippen molar-refractivity contribution in [3.05, 3.63) is 12.2 Å². The molecule has 0 N–H and O–H groups in total. The van der Waals surface area contributed by atoms with E-state index in [-0.39, 0.29) is 0 Å². The number of halogens is 2. The van der Waals surface area contributed by atoms with Gasteiger partial charge in [-0.25, -0.2) is 8.78 Å². The van der Waals surface area contributed by atoms with Crippen molar-refractivity contribution in [3.8, 4) is 0 Å². The lowest BCUT2D eigenvalue weighted by atomic mass is 9.97. The topological polar surface area (TPSA) is 0 Å². The summed E-state index contributed by atoms with van der Waals surface area (Å²) in [6, 6.07) is 0. The van der Waals surface area contributed by atoms with Gasteiger partial charge in [0.15, 0.2) is 0 Å². The zero-order chi connectivity index (χ0) is 6.69. The van der Waals surface area contributed by atoms with Gasteiger partial charge < -0.3 is 0 Å². The number of hydrogen-bond donors (Lipinski definition) is 0. The Morgan fingerprint density at radius 3 is 2.56 bits per heavy atom. The highest BCUT2D eigenvalue weighted by molar-refractivity contribution is 4.93. The van der Waals surface area contributed by atoms with Gasteiger partial charge in [-0.15, -0.1) is 0 Å². The minimum atomic E-state index is -2.15. The average Bonchev–Trinajstić information content (AvgIpc) is 1.90. The first-order valence-corrected chi connectivity index (χ1v) is 3.25. The molecule has 1 atom stereocenters. The molecule has 0 amide bonds. The molecule has 0 saturated heterocycles. The number of hydrogen-bond acceptors (Lipinski definition) is 0. The summed E-state index contributed by atoms with van der Waals surface area (Å²) in [7, 11) is 0. The highest BCUT2D eigenvalue weighted by Gasteiger charge is 2.17. The molecular formula is C7H10F2. The lowest BCUT2D eigenvalue weighted by Gasteiger charge is -2.13. The van der Waals surface area contributed by atoms with E-state index in [0.29, 0.717) is 6.42 Å². The van der Waals surface area contributed by atoms with Crippen molar-refractivity contribution in [1.29, 1.82) is 0 Å². The smallest absolute Gasteiger partial charge is 0.210 e. The lowest BCUT2D eigenvalue weighted by molar-refractivity contribution is 0.0928. The van der Waals surface area contributed by atoms with E-state index in [1.807, 2.05) is 6.08 Å². The first-order chi connectivity index (χ1) is 4.30. The van der Waals surface area contributed by atoms with Gasteiger partial charge in [0.05, 0.1) is 0 Å². The minimum Gasteiger partial charge on any atom is -0.210 e. The van der Waals surface area contributed by atoms with Gasteiger partial charge in [0, 0.05) is 5.92 Å². The summed E-state index contributed by atoms with van der Waals surface area (Å²) in [4.78, 5) is 0. The molecule has 2 heteroatoms. The number of allylic oxidation sites excluding steroid dienone is 2. The maximum atomic E-state index is 11.9. The third-order valence-electron chi connectivity index (χ3n) is 1.62. The zero-order valence-corrected chi connectivity index (χ0v) is 5.19. The van der Waals surface area contributed by atoms with Crippen LogP contribution in [-0.4, -0.2) is 6.43 Å². The van der Waals surface area contributed by atoms with Crippen LogP contribution in [0.25, 0.3) is 0 Å². The fourth-order valence-corrected chi connectivity index (χ4v) is 1.05. The van der Waals surface area contributed by atoms with Crippen LogP contribution < -0.4 is 0 Å². The summed E-state index contributed by atoms with van der Waals surface area (Å²) in [5.74, 6) is -0.459. The van der Waals surface area contributed by atoms with Crippen molar-refractivity contribution in [1.82, 2.24) is 0 Å². The summed E-state index contributed by atoms with van der Waals surface area (Å²) in [6.45, 7) is 0. The third-order valence-corrected chi connectivity index (χ3v) is 1.62. The van der Waals surface area contributed by atoms with Crippen molar-refractivity contribution in [3.63, 3.8) is 0 Å². The molecule has 0 aromatic carbocycles. The Hall–Kier alpha value is -0.400. The molecule has 9 heavy (non-hydrogen) atoms. The van der Waals surface area contributed by atoms with Gasteiger partial charge in [0.2, 0.25) is 6.43 Å². The highest BCUT2D eigenvalue weighted by Crippen LogP contribution is 2.22. The van der Waals surface area contributed by atoms with Gasteiger partial charge in [-0.3, -0.25) is 0 Å². The fourth-order valence-electron chi connectivity index (χ4n) is 1.05. The molecule has 0 nitrogen and oxygen atoms in total. The molecule has 1 aliphatic carbocycles. The van der Waals surface area contributed by atoms with Gasteiger partial charge in [0.25, 0.3) is 0 Å². The van der Waals surface area contributed by atoms with E-state index in [4.69, 9.17) is 0 Å². The SMILES string of the molecule is FC(F)C1C=CCCC1. The molecule has 0 bridgehead atoms. The second kappa shape index (κ2) is 2.95. The number of alkyl halides is 2. The van der Waals surface area contributed by atoms with Gasteiger partial charge in [-0.1, -0.05) is 12.2 Å². The van der Waals surface area contributed by atoms with E-state index in [1.165, 1.54) is 0 Å². The molecule has 0 radical (unpaired) electrons. The Labute approximate surface area is 53.6 Å². The maximum Gasteiger partial charge on any atom is 0.244 e. The maximum absolute atomic E-state index is 11.9. The van der Waals surface area contributed by atoms with Crippen molar-refractivity contribution in [2.45, 2.75) is 25.7 Å². The van der Waals surface area contributed by atoms with Crippen molar-refractivity contribution < 1.29 is 8.78 Å². The molecule has 0 aliphatic heterocycles. The molecule has 0 aromatic rings.